The number of benzene rings is 1. The van der Waals surface area contributed by atoms with E-state index in [0.717, 1.165) is 32.0 Å². The minimum atomic E-state index is -4.40. The van der Waals surface area contributed by atoms with Crippen LogP contribution in [0.4, 0.5) is 8.78 Å². The number of nitrogens with one attached hydrogen (secondary N) is 1. The number of hydrogen-bond acceptors (Lipinski definition) is 3. The summed E-state index contributed by atoms with van der Waals surface area (Å²) in [5.74, 6) is -2.14. The quantitative estimate of drug-likeness (QED) is 0.864. The minimum Gasteiger partial charge on any atom is -0.317 e. The molecule has 19 heavy (non-hydrogen) atoms. The van der Waals surface area contributed by atoms with E-state index in [1.807, 2.05) is 0 Å². The van der Waals surface area contributed by atoms with E-state index in [-0.39, 0.29) is 11.5 Å². The highest BCUT2D eigenvalue weighted by Gasteiger charge is 2.27. The fourth-order valence-corrected chi connectivity index (χ4v) is 3.26. The Kier molecular flexibility index (Phi) is 3.89. The Morgan fingerprint density at radius 1 is 1.32 bits per heavy atom. The maximum absolute atomic E-state index is 14.1. The normalized spacial score (nSPS) is 17.7. The van der Waals surface area contributed by atoms with Gasteiger partial charge in [0.25, 0.3) is 0 Å². The van der Waals surface area contributed by atoms with Crippen molar-refractivity contribution in [1.82, 2.24) is 5.32 Å². The first-order valence-corrected chi connectivity index (χ1v) is 7.59. The third kappa shape index (κ3) is 2.77. The standard InChI is InChI=1S/C12H16F2N2O2S/c1-7-9(8-2-4-16-5-3-8)6-10(13)12(11(7)14)19(15,17)18/h6,8,16H,2-5H2,1H3,(H2,15,17,18). The third-order valence-electron chi connectivity index (χ3n) is 3.52. The lowest BCUT2D eigenvalue weighted by Crippen LogP contribution is -2.27. The van der Waals surface area contributed by atoms with Crippen LogP contribution in [0.3, 0.4) is 0 Å². The van der Waals surface area contributed by atoms with Gasteiger partial charge in [0.05, 0.1) is 0 Å². The first-order valence-electron chi connectivity index (χ1n) is 6.04. The molecule has 0 unspecified atom stereocenters. The number of hydrogen-bond donors (Lipinski definition) is 2. The van der Waals surface area contributed by atoms with Crippen molar-refractivity contribution in [2.75, 3.05) is 13.1 Å². The Hall–Kier alpha value is -1.05. The van der Waals surface area contributed by atoms with E-state index < -0.39 is 26.6 Å². The fraction of sp³-hybridized carbons (Fsp3) is 0.500. The Morgan fingerprint density at radius 3 is 2.42 bits per heavy atom. The van der Waals surface area contributed by atoms with Crippen molar-refractivity contribution in [3.63, 3.8) is 0 Å². The fourth-order valence-electron chi connectivity index (χ4n) is 2.53. The molecule has 1 aliphatic rings. The maximum Gasteiger partial charge on any atom is 0.243 e. The Balaban J connectivity index is 2.54. The number of primary sulfonamides is 1. The number of piperidine rings is 1. The smallest absolute Gasteiger partial charge is 0.243 e. The van der Waals surface area contributed by atoms with Crippen LogP contribution < -0.4 is 10.5 Å². The minimum absolute atomic E-state index is 0.0415. The molecule has 0 radical (unpaired) electrons. The number of halogens is 2. The first kappa shape index (κ1) is 14.4. The molecule has 1 aromatic rings. The summed E-state index contributed by atoms with van der Waals surface area (Å²) in [6.45, 7) is 3.02. The number of sulfonamides is 1. The van der Waals surface area contributed by atoms with Crippen molar-refractivity contribution in [1.29, 1.82) is 0 Å². The molecule has 0 aromatic heterocycles. The van der Waals surface area contributed by atoms with Crippen molar-refractivity contribution in [2.24, 2.45) is 5.14 Å². The van der Waals surface area contributed by atoms with Gasteiger partial charge in [-0.25, -0.2) is 22.3 Å². The topological polar surface area (TPSA) is 72.2 Å². The zero-order valence-electron chi connectivity index (χ0n) is 10.5. The van der Waals surface area contributed by atoms with Gasteiger partial charge in [-0.2, -0.15) is 0 Å². The molecule has 0 spiro atoms. The average molecular weight is 290 g/mol. The summed E-state index contributed by atoms with van der Waals surface area (Å²) in [7, 11) is -4.40. The zero-order chi connectivity index (χ0) is 14.2. The summed E-state index contributed by atoms with van der Waals surface area (Å²) in [5, 5.41) is 8.00. The average Bonchev–Trinajstić information content (AvgIpc) is 2.33. The lowest BCUT2D eigenvalue weighted by molar-refractivity contribution is 0.448. The highest BCUT2D eigenvalue weighted by atomic mass is 32.2. The summed E-state index contributed by atoms with van der Waals surface area (Å²) in [5.41, 5.74) is 0.696. The molecule has 1 fully saturated rings. The lowest BCUT2D eigenvalue weighted by atomic mass is 9.87. The summed E-state index contributed by atoms with van der Waals surface area (Å²) >= 11 is 0. The van der Waals surface area contributed by atoms with Crippen molar-refractivity contribution >= 4 is 10.0 Å². The van der Waals surface area contributed by atoms with Crippen molar-refractivity contribution in [3.05, 3.63) is 28.8 Å². The van der Waals surface area contributed by atoms with Gasteiger partial charge in [-0.3, -0.25) is 0 Å². The van der Waals surface area contributed by atoms with Gasteiger partial charge >= 0.3 is 0 Å². The molecule has 0 saturated carbocycles. The molecule has 0 atom stereocenters. The lowest BCUT2D eigenvalue weighted by Gasteiger charge is -2.25. The van der Waals surface area contributed by atoms with E-state index in [0.29, 0.717) is 5.56 Å². The van der Waals surface area contributed by atoms with Crippen LogP contribution >= 0.6 is 0 Å². The van der Waals surface area contributed by atoms with E-state index in [9.17, 15) is 17.2 Å². The van der Waals surface area contributed by atoms with Crippen LogP contribution in [0.25, 0.3) is 0 Å². The maximum atomic E-state index is 14.1. The largest absolute Gasteiger partial charge is 0.317 e. The van der Waals surface area contributed by atoms with E-state index in [2.05, 4.69) is 5.32 Å². The molecule has 4 nitrogen and oxygen atoms in total. The molecule has 1 aromatic carbocycles. The van der Waals surface area contributed by atoms with E-state index in [1.54, 1.807) is 0 Å². The second-order valence-corrected chi connectivity index (χ2v) is 6.28. The van der Waals surface area contributed by atoms with Gasteiger partial charge < -0.3 is 5.32 Å². The van der Waals surface area contributed by atoms with Crippen molar-refractivity contribution in [3.8, 4) is 0 Å². The van der Waals surface area contributed by atoms with E-state index in [4.69, 9.17) is 5.14 Å². The van der Waals surface area contributed by atoms with Crippen LogP contribution in [-0.4, -0.2) is 21.5 Å². The monoisotopic (exact) mass is 290 g/mol. The highest BCUT2D eigenvalue weighted by Crippen LogP contribution is 2.32. The summed E-state index contributed by atoms with van der Waals surface area (Å²) < 4.78 is 50.3. The molecule has 106 valence electrons. The van der Waals surface area contributed by atoms with Gasteiger partial charge in [-0.1, -0.05) is 0 Å². The molecule has 3 N–H and O–H groups in total. The zero-order valence-corrected chi connectivity index (χ0v) is 11.4. The predicted molar refractivity (Wildman–Crippen MR) is 67.3 cm³/mol. The SMILES string of the molecule is Cc1c(C2CCNCC2)cc(F)c(S(N)(=O)=O)c1F. The van der Waals surface area contributed by atoms with Gasteiger partial charge in [-0.05, 0) is 56.0 Å². The van der Waals surface area contributed by atoms with Gasteiger partial charge in [-0.15, -0.1) is 0 Å². The van der Waals surface area contributed by atoms with Crippen LogP contribution in [0.5, 0.6) is 0 Å². The Bertz CT molecular complexity index is 596. The van der Waals surface area contributed by atoms with Gasteiger partial charge in [0.2, 0.25) is 10.0 Å². The highest BCUT2D eigenvalue weighted by molar-refractivity contribution is 7.89. The van der Waals surface area contributed by atoms with Crippen LogP contribution in [0, 0.1) is 18.6 Å². The molecule has 2 rings (SSSR count). The Morgan fingerprint density at radius 2 is 1.89 bits per heavy atom. The van der Waals surface area contributed by atoms with E-state index in [1.165, 1.54) is 6.92 Å². The summed E-state index contributed by atoms with van der Waals surface area (Å²) in [4.78, 5) is -1.04. The number of nitrogens with two attached hydrogens (primary N) is 1. The van der Waals surface area contributed by atoms with Crippen molar-refractivity contribution in [2.45, 2.75) is 30.6 Å². The van der Waals surface area contributed by atoms with Crippen LogP contribution in [0.15, 0.2) is 11.0 Å². The molecule has 0 bridgehead atoms. The Labute approximate surface area is 111 Å². The first-order chi connectivity index (χ1) is 8.82. The molecular formula is C12H16F2N2O2S. The molecule has 1 aliphatic heterocycles. The van der Waals surface area contributed by atoms with E-state index >= 15 is 0 Å². The van der Waals surface area contributed by atoms with Crippen LogP contribution in [0.1, 0.15) is 29.9 Å². The second kappa shape index (κ2) is 5.15. The molecule has 7 heteroatoms. The third-order valence-corrected chi connectivity index (χ3v) is 4.47. The van der Waals surface area contributed by atoms with Crippen LogP contribution in [0.2, 0.25) is 0 Å². The summed E-state index contributed by atoms with van der Waals surface area (Å²) in [6, 6.07) is 1.11. The molecular weight excluding hydrogens is 274 g/mol. The molecule has 1 saturated heterocycles. The van der Waals surface area contributed by atoms with Gasteiger partial charge in [0.1, 0.15) is 11.6 Å². The van der Waals surface area contributed by atoms with Gasteiger partial charge in [0.15, 0.2) is 4.90 Å². The number of rotatable bonds is 2. The van der Waals surface area contributed by atoms with Crippen molar-refractivity contribution < 1.29 is 17.2 Å². The van der Waals surface area contributed by atoms with Crippen LogP contribution in [-0.2, 0) is 10.0 Å². The molecule has 0 aliphatic carbocycles. The molecule has 1 heterocycles. The predicted octanol–water partition coefficient (Wildman–Crippen LogP) is 1.39. The van der Waals surface area contributed by atoms with Gasteiger partial charge in [0, 0.05) is 0 Å². The summed E-state index contributed by atoms with van der Waals surface area (Å²) in [6.07, 6.45) is 1.54. The molecule has 0 amide bonds. The second-order valence-electron chi connectivity index (χ2n) is 4.79.